The molecule has 0 radical (unpaired) electrons. The number of thioether (sulfide) groups is 1. The van der Waals surface area contributed by atoms with E-state index in [1.807, 2.05) is 11.8 Å². The Labute approximate surface area is 86.8 Å². The summed E-state index contributed by atoms with van der Waals surface area (Å²) in [5.41, 5.74) is 0. The Bertz CT molecular complexity index is 101. The van der Waals surface area contributed by atoms with Crippen LogP contribution in [-0.2, 0) is 4.74 Å². The average Bonchev–Trinajstić information content (AvgIpc) is 2.14. The number of rotatable bonds is 9. The fourth-order valence-corrected chi connectivity index (χ4v) is 1.58. The second kappa shape index (κ2) is 10.4. The van der Waals surface area contributed by atoms with Crippen molar-refractivity contribution in [1.29, 1.82) is 0 Å². The first-order chi connectivity index (χ1) is 6.35. The SMILES string of the molecule is CCCCC(COC)NCCSC. The number of unbranched alkanes of at least 4 members (excludes halogenated alkanes) is 1. The zero-order chi connectivity index (χ0) is 9.94. The van der Waals surface area contributed by atoms with E-state index in [-0.39, 0.29) is 0 Å². The Morgan fingerprint density at radius 1 is 1.46 bits per heavy atom. The van der Waals surface area contributed by atoms with E-state index < -0.39 is 0 Å². The summed E-state index contributed by atoms with van der Waals surface area (Å²) in [7, 11) is 1.77. The highest BCUT2D eigenvalue weighted by Gasteiger charge is 2.05. The third-order valence-corrected chi connectivity index (χ3v) is 2.63. The Morgan fingerprint density at radius 3 is 2.77 bits per heavy atom. The van der Waals surface area contributed by atoms with E-state index in [1.165, 1.54) is 25.0 Å². The summed E-state index contributed by atoms with van der Waals surface area (Å²) >= 11 is 1.88. The van der Waals surface area contributed by atoms with Crippen LogP contribution in [0.25, 0.3) is 0 Å². The molecular formula is C10H23NOS. The van der Waals surface area contributed by atoms with Gasteiger partial charge in [-0.05, 0) is 12.7 Å². The van der Waals surface area contributed by atoms with Crippen LogP contribution in [0.3, 0.4) is 0 Å². The summed E-state index contributed by atoms with van der Waals surface area (Å²) < 4.78 is 5.16. The van der Waals surface area contributed by atoms with Crippen LogP contribution >= 0.6 is 11.8 Å². The fourth-order valence-electron chi connectivity index (χ4n) is 1.26. The topological polar surface area (TPSA) is 21.3 Å². The maximum atomic E-state index is 5.16. The molecule has 2 nitrogen and oxygen atoms in total. The molecule has 3 heteroatoms. The third-order valence-electron chi connectivity index (χ3n) is 2.01. The van der Waals surface area contributed by atoms with Crippen LogP contribution in [-0.4, -0.2) is 38.3 Å². The van der Waals surface area contributed by atoms with Gasteiger partial charge in [0.25, 0.3) is 0 Å². The first-order valence-electron chi connectivity index (χ1n) is 5.06. The lowest BCUT2D eigenvalue weighted by molar-refractivity contribution is 0.162. The van der Waals surface area contributed by atoms with Crippen LogP contribution in [0.1, 0.15) is 26.2 Å². The fraction of sp³-hybridized carbons (Fsp3) is 1.00. The van der Waals surface area contributed by atoms with Crippen LogP contribution < -0.4 is 5.32 Å². The monoisotopic (exact) mass is 205 g/mol. The molecule has 0 aliphatic rings. The minimum absolute atomic E-state index is 0.553. The number of hydrogen-bond acceptors (Lipinski definition) is 3. The normalized spacial score (nSPS) is 13.2. The molecule has 13 heavy (non-hydrogen) atoms. The minimum Gasteiger partial charge on any atom is -0.383 e. The molecule has 1 unspecified atom stereocenters. The van der Waals surface area contributed by atoms with Crippen molar-refractivity contribution in [3.05, 3.63) is 0 Å². The first-order valence-corrected chi connectivity index (χ1v) is 6.45. The lowest BCUT2D eigenvalue weighted by Crippen LogP contribution is -2.34. The van der Waals surface area contributed by atoms with E-state index >= 15 is 0 Å². The molecule has 0 spiro atoms. The molecule has 0 aliphatic heterocycles. The molecular weight excluding hydrogens is 182 g/mol. The molecule has 0 aromatic rings. The van der Waals surface area contributed by atoms with E-state index in [2.05, 4.69) is 18.5 Å². The van der Waals surface area contributed by atoms with Gasteiger partial charge in [-0.2, -0.15) is 11.8 Å². The van der Waals surface area contributed by atoms with Crippen molar-refractivity contribution in [2.75, 3.05) is 32.3 Å². The molecule has 0 saturated carbocycles. The van der Waals surface area contributed by atoms with Gasteiger partial charge in [0.1, 0.15) is 0 Å². The molecule has 1 N–H and O–H groups in total. The van der Waals surface area contributed by atoms with Crippen LogP contribution in [0, 0.1) is 0 Å². The van der Waals surface area contributed by atoms with E-state index in [0.717, 1.165) is 13.2 Å². The van der Waals surface area contributed by atoms with Crippen LogP contribution in [0.2, 0.25) is 0 Å². The predicted octanol–water partition coefficient (Wildman–Crippen LogP) is 2.14. The minimum atomic E-state index is 0.553. The summed E-state index contributed by atoms with van der Waals surface area (Å²) in [6.07, 6.45) is 5.93. The van der Waals surface area contributed by atoms with Crippen molar-refractivity contribution < 1.29 is 4.74 Å². The van der Waals surface area contributed by atoms with Gasteiger partial charge >= 0.3 is 0 Å². The summed E-state index contributed by atoms with van der Waals surface area (Å²) in [6.45, 7) is 4.17. The number of methoxy groups -OCH3 is 1. The molecule has 0 rings (SSSR count). The van der Waals surface area contributed by atoms with Crippen molar-refractivity contribution in [2.45, 2.75) is 32.2 Å². The zero-order valence-corrected chi connectivity index (χ0v) is 9.95. The molecule has 0 aromatic carbocycles. The van der Waals surface area contributed by atoms with Gasteiger partial charge < -0.3 is 10.1 Å². The van der Waals surface area contributed by atoms with E-state index in [9.17, 15) is 0 Å². The molecule has 0 heterocycles. The molecule has 0 fully saturated rings. The van der Waals surface area contributed by atoms with Gasteiger partial charge in [0.05, 0.1) is 6.61 Å². The van der Waals surface area contributed by atoms with Crippen LogP contribution in [0.4, 0.5) is 0 Å². The summed E-state index contributed by atoms with van der Waals surface area (Å²) in [5.74, 6) is 1.19. The zero-order valence-electron chi connectivity index (χ0n) is 9.14. The molecule has 0 amide bonds. The van der Waals surface area contributed by atoms with Gasteiger partial charge in [-0.25, -0.2) is 0 Å². The maximum absolute atomic E-state index is 5.16. The van der Waals surface area contributed by atoms with E-state index in [0.29, 0.717) is 6.04 Å². The van der Waals surface area contributed by atoms with Gasteiger partial charge in [-0.1, -0.05) is 19.8 Å². The van der Waals surface area contributed by atoms with Crippen molar-refractivity contribution in [3.63, 3.8) is 0 Å². The lowest BCUT2D eigenvalue weighted by Gasteiger charge is -2.17. The Balaban J connectivity index is 3.41. The lowest BCUT2D eigenvalue weighted by atomic mass is 10.1. The van der Waals surface area contributed by atoms with Crippen LogP contribution in [0.5, 0.6) is 0 Å². The summed E-state index contributed by atoms with van der Waals surface area (Å²) in [6, 6.07) is 0.553. The second-order valence-corrected chi connectivity index (χ2v) is 4.23. The van der Waals surface area contributed by atoms with Crippen molar-refractivity contribution >= 4 is 11.8 Å². The highest BCUT2D eigenvalue weighted by Crippen LogP contribution is 2.01. The smallest absolute Gasteiger partial charge is 0.0615 e. The molecule has 0 aliphatic carbocycles. The highest BCUT2D eigenvalue weighted by atomic mass is 32.2. The quantitative estimate of drug-likeness (QED) is 0.583. The second-order valence-electron chi connectivity index (χ2n) is 3.24. The third kappa shape index (κ3) is 8.60. The predicted molar refractivity (Wildman–Crippen MR) is 61.6 cm³/mol. The molecule has 0 bridgehead atoms. The van der Waals surface area contributed by atoms with Crippen molar-refractivity contribution in [1.82, 2.24) is 5.32 Å². The molecule has 80 valence electrons. The molecule has 0 aromatic heterocycles. The standard InChI is InChI=1S/C10H23NOS/c1-4-5-6-10(9-12-2)11-7-8-13-3/h10-11H,4-9H2,1-3H3. The number of nitrogens with one attached hydrogen (secondary N) is 1. The Morgan fingerprint density at radius 2 is 2.23 bits per heavy atom. The van der Waals surface area contributed by atoms with E-state index in [1.54, 1.807) is 7.11 Å². The van der Waals surface area contributed by atoms with Crippen LogP contribution in [0.15, 0.2) is 0 Å². The van der Waals surface area contributed by atoms with Gasteiger partial charge in [0, 0.05) is 25.4 Å². The highest BCUT2D eigenvalue weighted by molar-refractivity contribution is 7.98. The Kier molecular flexibility index (Phi) is 10.6. The van der Waals surface area contributed by atoms with Gasteiger partial charge in [-0.15, -0.1) is 0 Å². The molecule has 1 atom stereocenters. The Hall–Kier alpha value is 0.270. The number of ether oxygens (including phenoxy) is 1. The van der Waals surface area contributed by atoms with Crippen molar-refractivity contribution in [3.8, 4) is 0 Å². The summed E-state index contributed by atoms with van der Waals surface area (Å²) in [5, 5.41) is 3.51. The molecule has 0 saturated heterocycles. The maximum Gasteiger partial charge on any atom is 0.0615 e. The van der Waals surface area contributed by atoms with E-state index in [4.69, 9.17) is 4.74 Å². The van der Waals surface area contributed by atoms with Gasteiger partial charge in [0.2, 0.25) is 0 Å². The van der Waals surface area contributed by atoms with Crippen molar-refractivity contribution in [2.24, 2.45) is 0 Å². The average molecular weight is 205 g/mol. The number of hydrogen-bond donors (Lipinski definition) is 1. The van der Waals surface area contributed by atoms with Gasteiger partial charge in [-0.3, -0.25) is 0 Å². The summed E-state index contributed by atoms with van der Waals surface area (Å²) in [4.78, 5) is 0. The van der Waals surface area contributed by atoms with Gasteiger partial charge in [0.15, 0.2) is 0 Å². The first kappa shape index (κ1) is 13.3. The largest absolute Gasteiger partial charge is 0.383 e.